The lowest BCUT2D eigenvalue weighted by atomic mass is 9.94. The molecule has 0 saturated carbocycles. The Morgan fingerprint density at radius 3 is 2.57 bits per heavy atom. The van der Waals surface area contributed by atoms with Gasteiger partial charge >= 0.3 is 10.4 Å². The van der Waals surface area contributed by atoms with Crippen LogP contribution < -0.4 is 5.11 Å². The first-order valence-corrected chi connectivity index (χ1v) is 10.0. The van der Waals surface area contributed by atoms with Crippen molar-refractivity contribution in [2.45, 2.75) is 49.3 Å². The van der Waals surface area contributed by atoms with Crippen molar-refractivity contribution >= 4 is 16.3 Å². The Balaban J connectivity index is 1.53. The molecule has 13 heteroatoms. The highest BCUT2D eigenvalue weighted by molar-refractivity contribution is 7.80. The van der Waals surface area contributed by atoms with Crippen LogP contribution in [0.3, 0.4) is 0 Å². The van der Waals surface area contributed by atoms with Crippen molar-refractivity contribution in [3.8, 4) is 0 Å². The first kappa shape index (κ1) is 21.5. The second-order valence-corrected chi connectivity index (χ2v) is 7.70. The fraction of sp³-hybridized carbons (Fsp3) is 0.800. The summed E-state index contributed by atoms with van der Waals surface area (Å²) >= 11 is 0. The Bertz CT molecular complexity index is 711. The standard InChI is InChI=1S/C15H23NO11S/c17-6-10-11(18)13(27-28(21,22)23)12(19)15(26-10)24-4-3-16-14(20)8-5-7-1-2-9(8)25-7/h1-2,7-13,15,17-19H,3-6H2,(H,16,20)(H,21,22,23)/p-1/t7-,8-,9+,10+,11-,12+,13-,15+/m0/s1. The summed E-state index contributed by atoms with van der Waals surface area (Å²) in [7, 11) is -4.99. The van der Waals surface area contributed by atoms with E-state index in [0.29, 0.717) is 6.42 Å². The molecule has 0 aromatic carbocycles. The molecular weight excluding hydrogens is 402 g/mol. The van der Waals surface area contributed by atoms with Gasteiger partial charge in [-0.2, -0.15) is 8.42 Å². The third-order valence-corrected chi connectivity index (χ3v) is 5.21. The van der Waals surface area contributed by atoms with Crippen molar-refractivity contribution in [2.24, 2.45) is 10.9 Å². The average molecular weight is 424 g/mol. The van der Waals surface area contributed by atoms with E-state index in [1.165, 1.54) is 0 Å². The highest BCUT2D eigenvalue weighted by atomic mass is 32.3. The topological polar surface area (TPSA) is 187 Å². The predicted octanol–water partition coefficient (Wildman–Crippen LogP) is -3.27. The molecule has 0 radical (unpaired) electrons. The molecule has 4 N–H and O–H groups in total. The molecule has 0 aliphatic carbocycles. The summed E-state index contributed by atoms with van der Waals surface area (Å²) in [5.74, 6) is -0.671. The van der Waals surface area contributed by atoms with E-state index in [1.807, 2.05) is 12.2 Å². The molecular formula is C15H22NO11S-. The number of hydrogen-bond acceptors (Lipinski definition) is 11. The number of fused-ring (bicyclic) bond motifs is 2. The lowest BCUT2D eigenvalue weighted by Gasteiger charge is -2.40. The fourth-order valence-corrected chi connectivity index (χ4v) is 3.91. The van der Waals surface area contributed by atoms with Gasteiger partial charge in [-0.3, -0.25) is 4.55 Å². The first-order chi connectivity index (χ1) is 13.2. The van der Waals surface area contributed by atoms with Gasteiger partial charge in [0, 0.05) is 5.92 Å². The van der Waals surface area contributed by atoms with Crippen LogP contribution in [-0.2, 0) is 28.8 Å². The van der Waals surface area contributed by atoms with Crippen LogP contribution in [0.15, 0.2) is 17.1 Å². The predicted molar refractivity (Wildman–Crippen MR) is 88.3 cm³/mol. The third kappa shape index (κ3) is 4.87. The van der Waals surface area contributed by atoms with E-state index in [-0.39, 0.29) is 37.2 Å². The van der Waals surface area contributed by atoms with Gasteiger partial charge in [0.2, 0.25) is 0 Å². The largest absolute Gasteiger partial charge is 0.862 e. The Hall–Kier alpha value is -1.16. The minimum absolute atomic E-state index is 0.0564. The summed E-state index contributed by atoms with van der Waals surface area (Å²) in [5, 5.41) is 41.4. The first-order valence-electron chi connectivity index (χ1n) is 8.64. The number of nitrogens with zero attached hydrogens (tertiary/aromatic N) is 1. The monoisotopic (exact) mass is 424 g/mol. The fourth-order valence-electron chi connectivity index (χ4n) is 3.40. The number of aliphatic hydroxyl groups excluding tert-OH is 3. The molecule has 12 nitrogen and oxygen atoms in total. The van der Waals surface area contributed by atoms with E-state index < -0.39 is 47.7 Å². The molecule has 3 aliphatic rings. The van der Waals surface area contributed by atoms with Gasteiger partial charge in [0.15, 0.2) is 6.29 Å². The van der Waals surface area contributed by atoms with Crippen LogP contribution in [0.5, 0.6) is 0 Å². The summed E-state index contributed by atoms with van der Waals surface area (Å²) in [4.78, 5) is 3.89. The summed E-state index contributed by atoms with van der Waals surface area (Å²) in [6.07, 6.45) is -4.18. The molecule has 2 fully saturated rings. The minimum Gasteiger partial charge on any atom is -0.862 e. The molecule has 28 heavy (non-hydrogen) atoms. The number of rotatable bonds is 8. The van der Waals surface area contributed by atoms with E-state index in [2.05, 4.69) is 9.18 Å². The summed E-state index contributed by atoms with van der Waals surface area (Å²) in [6.45, 7) is -0.948. The molecule has 2 saturated heterocycles. The maximum atomic E-state index is 12.1. The van der Waals surface area contributed by atoms with Crippen molar-refractivity contribution in [1.82, 2.24) is 0 Å². The molecule has 160 valence electrons. The Morgan fingerprint density at radius 1 is 1.25 bits per heavy atom. The van der Waals surface area contributed by atoms with Crippen molar-refractivity contribution in [2.75, 3.05) is 19.8 Å². The van der Waals surface area contributed by atoms with Crippen LogP contribution in [0.4, 0.5) is 0 Å². The van der Waals surface area contributed by atoms with Crippen molar-refractivity contribution < 1.29 is 51.8 Å². The molecule has 0 amide bonds. The Morgan fingerprint density at radius 2 is 2.00 bits per heavy atom. The number of aliphatic hydroxyl groups is 3. The van der Waals surface area contributed by atoms with Crippen LogP contribution in [0.2, 0.25) is 0 Å². The highest BCUT2D eigenvalue weighted by Crippen LogP contribution is 2.33. The van der Waals surface area contributed by atoms with Gasteiger partial charge in [-0.1, -0.05) is 12.2 Å². The Kier molecular flexibility index (Phi) is 6.69. The Labute approximate surface area is 161 Å². The van der Waals surface area contributed by atoms with Crippen LogP contribution in [0.25, 0.3) is 0 Å². The molecule has 0 aromatic rings. The van der Waals surface area contributed by atoms with Gasteiger partial charge in [-0.25, -0.2) is 4.18 Å². The highest BCUT2D eigenvalue weighted by Gasteiger charge is 2.47. The molecule has 2 bridgehead atoms. The lowest BCUT2D eigenvalue weighted by molar-refractivity contribution is -0.296. The molecule has 0 unspecified atom stereocenters. The van der Waals surface area contributed by atoms with E-state index in [1.54, 1.807) is 0 Å². The van der Waals surface area contributed by atoms with Crippen LogP contribution >= 0.6 is 0 Å². The summed E-state index contributed by atoms with van der Waals surface area (Å²) in [6, 6.07) is 0. The second-order valence-electron chi connectivity index (χ2n) is 6.65. The van der Waals surface area contributed by atoms with Crippen molar-refractivity contribution in [3.05, 3.63) is 12.2 Å². The molecule has 0 spiro atoms. The van der Waals surface area contributed by atoms with E-state index in [0.717, 1.165) is 0 Å². The van der Waals surface area contributed by atoms with Gasteiger partial charge in [-0.15, -0.1) is 0 Å². The number of hydrogen-bond donors (Lipinski definition) is 4. The number of aliphatic imine (C=N–C) groups is 1. The average Bonchev–Trinajstić information content (AvgIpc) is 3.26. The normalized spacial score (nSPS) is 40.9. The van der Waals surface area contributed by atoms with Gasteiger partial charge in [0.1, 0.15) is 24.4 Å². The lowest BCUT2D eigenvalue weighted by Crippen LogP contribution is -2.60. The van der Waals surface area contributed by atoms with Crippen LogP contribution in [0, 0.1) is 5.92 Å². The van der Waals surface area contributed by atoms with Gasteiger partial charge in [-0.05, 0) is 12.3 Å². The van der Waals surface area contributed by atoms with Gasteiger partial charge in [0.05, 0.1) is 32.0 Å². The zero-order valence-corrected chi connectivity index (χ0v) is 15.4. The maximum Gasteiger partial charge on any atom is 0.397 e. The third-order valence-electron chi connectivity index (χ3n) is 4.74. The zero-order valence-electron chi connectivity index (χ0n) is 14.6. The molecule has 3 aliphatic heterocycles. The van der Waals surface area contributed by atoms with E-state index in [9.17, 15) is 28.8 Å². The SMILES string of the molecule is O=S(=O)(O)O[C@H]1[C@@H](O)[C@@H](CO)O[C@@H](OCCN=C([O-])[C@H]2C[C@@H]3C=C[C@H]2O3)[C@@H]1O. The van der Waals surface area contributed by atoms with Crippen molar-refractivity contribution in [1.29, 1.82) is 0 Å². The zero-order chi connectivity index (χ0) is 20.5. The minimum atomic E-state index is -4.99. The summed E-state index contributed by atoms with van der Waals surface area (Å²) in [5.41, 5.74) is 0. The van der Waals surface area contributed by atoms with Crippen molar-refractivity contribution in [3.63, 3.8) is 0 Å². The quantitative estimate of drug-likeness (QED) is 0.101. The van der Waals surface area contributed by atoms with Crippen LogP contribution in [-0.4, -0.2) is 96.9 Å². The van der Waals surface area contributed by atoms with E-state index in [4.69, 9.17) is 18.8 Å². The number of ether oxygens (including phenoxy) is 3. The maximum absolute atomic E-state index is 12.1. The van der Waals surface area contributed by atoms with Gasteiger partial charge < -0.3 is 39.6 Å². The second kappa shape index (κ2) is 8.69. The molecule has 3 heterocycles. The van der Waals surface area contributed by atoms with E-state index >= 15 is 0 Å². The van der Waals surface area contributed by atoms with Crippen LogP contribution in [0.1, 0.15) is 6.42 Å². The molecule has 3 rings (SSSR count). The molecule has 8 atom stereocenters. The summed E-state index contributed by atoms with van der Waals surface area (Å²) < 4.78 is 50.8. The molecule has 0 aromatic heterocycles. The van der Waals surface area contributed by atoms with Gasteiger partial charge in [0.25, 0.3) is 0 Å². The smallest absolute Gasteiger partial charge is 0.397 e.